The van der Waals surface area contributed by atoms with Crippen molar-refractivity contribution >= 4 is 16.8 Å². The van der Waals surface area contributed by atoms with Crippen molar-refractivity contribution in [3.63, 3.8) is 0 Å². The van der Waals surface area contributed by atoms with E-state index in [4.69, 9.17) is 14.9 Å². The minimum absolute atomic E-state index is 0.419. The first-order chi connectivity index (χ1) is 7.29. The number of nitrogens with two attached hydrogens (primary N) is 1. The fraction of sp³-hybridized carbons (Fsp3) is 0.364. The summed E-state index contributed by atoms with van der Waals surface area (Å²) in [6.07, 6.45) is 0.993. The summed E-state index contributed by atoms with van der Waals surface area (Å²) in [6.45, 7) is 3.20. The first-order valence-corrected chi connectivity index (χ1v) is 5.02. The molecule has 0 fully saturated rings. The van der Waals surface area contributed by atoms with Gasteiger partial charge in [0.1, 0.15) is 12.1 Å². The summed E-state index contributed by atoms with van der Waals surface area (Å²) in [5.41, 5.74) is 7.85. The Hall–Kier alpha value is -1.55. The van der Waals surface area contributed by atoms with Crippen LogP contribution in [0.1, 0.15) is 19.2 Å². The molecule has 2 rings (SSSR count). The zero-order chi connectivity index (χ0) is 10.7. The van der Waals surface area contributed by atoms with Gasteiger partial charge in [0, 0.05) is 18.4 Å². The SMILES string of the molecule is CCCOCc1nc2ccc(N)cc2o1. The fourth-order valence-electron chi connectivity index (χ4n) is 1.35. The molecule has 0 spiro atoms. The highest BCUT2D eigenvalue weighted by Crippen LogP contribution is 2.18. The van der Waals surface area contributed by atoms with Crippen molar-refractivity contribution in [1.82, 2.24) is 4.98 Å². The molecular formula is C11H14N2O2. The van der Waals surface area contributed by atoms with Crippen molar-refractivity contribution < 1.29 is 9.15 Å². The summed E-state index contributed by atoms with van der Waals surface area (Å²) < 4.78 is 10.8. The summed E-state index contributed by atoms with van der Waals surface area (Å²) in [5, 5.41) is 0. The van der Waals surface area contributed by atoms with Crippen LogP contribution in [-0.4, -0.2) is 11.6 Å². The van der Waals surface area contributed by atoms with E-state index in [-0.39, 0.29) is 0 Å². The lowest BCUT2D eigenvalue weighted by atomic mass is 10.3. The monoisotopic (exact) mass is 206 g/mol. The van der Waals surface area contributed by atoms with Crippen LogP contribution < -0.4 is 5.73 Å². The standard InChI is InChI=1S/C11H14N2O2/c1-2-5-14-7-11-13-9-4-3-8(12)6-10(9)15-11/h3-4,6H,2,5,7,12H2,1H3. The Bertz CT molecular complexity index is 451. The zero-order valence-corrected chi connectivity index (χ0v) is 8.69. The van der Waals surface area contributed by atoms with Gasteiger partial charge in [-0.2, -0.15) is 0 Å². The maximum atomic E-state index is 5.64. The van der Waals surface area contributed by atoms with Gasteiger partial charge in [0.05, 0.1) is 0 Å². The second-order valence-electron chi connectivity index (χ2n) is 3.39. The number of fused-ring (bicyclic) bond motifs is 1. The van der Waals surface area contributed by atoms with E-state index in [2.05, 4.69) is 11.9 Å². The molecule has 4 nitrogen and oxygen atoms in total. The van der Waals surface area contributed by atoms with Crippen LogP contribution in [0.5, 0.6) is 0 Å². The van der Waals surface area contributed by atoms with E-state index in [1.807, 2.05) is 12.1 Å². The minimum Gasteiger partial charge on any atom is -0.438 e. The predicted molar refractivity (Wildman–Crippen MR) is 58.4 cm³/mol. The van der Waals surface area contributed by atoms with Crippen molar-refractivity contribution in [2.45, 2.75) is 20.0 Å². The van der Waals surface area contributed by atoms with E-state index >= 15 is 0 Å². The number of nitrogens with zero attached hydrogens (tertiary/aromatic N) is 1. The van der Waals surface area contributed by atoms with Crippen LogP contribution in [0.4, 0.5) is 5.69 Å². The average molecular weight is 206 g/mol. The largest absolute Gasteiger partial charge is 0.438 e. The third-order valence-corrected chi connectivity index (χ3v) is 2.03. The lowest BCUT2D eigenvalue weighted by Crippen LogP contribution is -1.93. The second kappa shape index (κ2) is 4.31. The molecule has 2 N–H and O–H groups in total. The quantitative estimate of drug-likeness (QED) is 0.616. The molecule has 0 atom stereocenters. The minimum atomic E-state index is 0.419. The van der Waals surface area contributed by atoms with Gasteiger partial charge < -0.3 is 14.9 Å². The number of anilines is 1. The van der Waals surface area contributed by atoms with Gasteiger partial charge in [-0.05, 0) is 18.6 Å². The molecule has 0 aliphatic rings. The maximum absolute atomic E-state index is 5.64. The van der Waals surface area contributed by atoms with Gasteiger partial charge in [-0.15, -0.1) is 0 Å². The highest BCUT2D eigenvalue weighted by atomic mass is 16.5. The molecule has 4 heteroatoms. The highest BCUT2D eigenvalue weighted by Gasteiger charge is 2.05. The van der Waals surface area contributed by atoms with Crippen molar-refractivity contribution in [2.75, 3.05) is 12.3 Å². The Labute approximate surface area is 88.0 Å². The lowest BCUT2D eigenvalue weighted by Gasteiger charge is -1.96. The molecule has 0 saturated heterocycles. The Morgan fingerprint density at radius 3 is 3.13 bits per heavy atom. The molecule has 0 saturated carbocycles. The molecule has 0 radical (unpaired) electrons. The molecule has 2 aromatic rings. The van der Waals surface area contributed by atoms with Crippen LogP contribution >= 0.6 is 0 Å². The topological polar surface area (TPSA) is 61.3 Å². The number of hydrogen-bond donors (Lipinski definition) is 1. The molecule has 0 unspecified atom stereocenters. The normalized spacial score (nSPS) is 11.0. The van der Waals surface area contributed by atoms with Gasteiger partial charge in [-0.3, -0.25) is 0 Å². The number of hydrogen-bond acceptors (Lipinski definition) is 4. The van der Waals surface area contributed by atoms with E-state index in [0.717, 1.165) is 18.5 Å². The number of benzene rings is 1. The predicted octanol–water partition coefficient (Wildman–Crippen LogP) is 2.34. The van der Waals surface area contributed by atoms with E-state index in [0.29, 0.717) is 23.8 Å². The number of aromatic nitrogens is 1. The first-order valence-electron chi connectivity index (χ1n) is 5.02. The van der Waals surface area contributed by atoms with Crippen LogP contribution in [-0.2, 0) is 11.3 Å². The van der Waals surface area contributed by atoms with E-state index in [1.54, 1.807) is 6.07 Å². The summed E-state index contributed by atoms with van der Waals surface area (Å²) in [4.78, 5) is 4.28. The van der Waals surface area contributed by atoms with Crippen molar-refractivity contribution in [3.05, 3.63) is 24.1 Å². The molecule has 0 bridgehead atoms. The lowest BCUT2D eigenvalue weighted by molar-refractivity contribution is 0.104. The molecule has 1 aromatic heterocycles. The van der Waals surface area contributed by atoms with Crippen LogP contribution in [0.3, 0.4) is 0 Å². The van der Waals surface area contributed by atoms with Gasteiger partial charge >= 0.3 is 0 Å². The zero-order valence-electron chi connectivity index (χ0n) is 8.69. The van der Waals surface area contributed by atoms with Gasteiger partial charge in [0.25, 0.3) is 0 Å². The van der Waals surface area contributed by atoms with Gasteiger partial charge in [0.2, 0.25) is 5.89 Å². The Morgan fingerprint density at radius 1 is 1.47 bits per heavy atom. The Balaban J connectivity index is 2.16. The Kier molecular flexibility index (Phi) is 2.87. The highest BCUT2D eigenvalue weighted by molar-refractivity contribution is 5.76. The third kappa shape index (κ3) is 2.27. The summed E-state index contributed by atoms with van der Waals surface area (Å²) >= 11 is 0. The third-order valence-electron chi connectivity index (χ3n) is 2.03. The maximum Gasteiger partial charge on any atom is 0.221 e. The van der Waals surface area contributed by atoms with Crippen molar-refractivity contribution in [1.29, 1.82) is 0 Å². The van der Waals surface area contributed by atoms with E-state index in [9.17, 15) is 0 Å². The first kappa shape index (κ1) is 9.98. The van der Waals surface area contributed by atoms with Crippen LogP contribution in [0.2, 0.25) is 0 Å². The second-order valence-corrected chi connectivity index (χ2v) is 3.39. The van der Waals surface area contributed by atoms with Crippen molar-refractivity contribution in [2.24, 2.45) is 0 Å². The summed E-state index contributed by atoms with van der Waals surface area (Å²) in [7, 11) is 0. The van der Waals surface area contributed by atoms with Gasteiger partial charge in [0.15, 0.2) is 5.58 Å². The van der Waals surface area contributed by atoms with Crippen LogP contribution in [0.25, 0.3) is 11.1 Å². The van der Waals surface area contributed by atoms with Crippen LogP contribution in [0.15, 0.2) is 22.6 Å². The molecule has 1 aromatic carbocycles. The van der Waals surface area contributed by atoms with Gasteiger partial charge in [-0.1, -0.05) is 6.92 Å². The van der Waals surface area contributed by atoms with Gasteiger partial charge in [-0.25, -0.2) is 4.98 Å². The average Bonchev–Trinajstić information content (AvgIpc) is 2.60. The number of nitrogen functional groups attached to an aromatic ring is 1. The molecule has 0 amide bonds. The smallest absolute Gasteiger partial charge is 0.221 e. The molecule has 0 aliphatic carbocycles. The molecular weight excluding hydrogens is 192 g/mol. The summed E-state index contributed by atoms with van der Waals surface area (Å²) in [6, 6.07) is 5.42. The van der Waals surface area contributed by atoms with E-state index < -0.39 is 0 Å². The number of rotatable bonds is 4. The van der Waals surface area contributed by atoms with Crippen molar-refractivity contribution in [3.8, 4) is 0 Å². The number of oxazole rings is 1. The molecule has 1 heterocycles. The Morgan fingerprint density at radius 2 is 2.33 bits per heavy atom. The summed E-state index contributed by atoms with van der Waals surface area (Å²) in [5.74, 6) is 0.601. The molecule has 0 aliphatic heterocycles. The number of ether oxygens (including phenoxy) is 1. The molecule has 80 valence electrons. The molecule has 15 heavy (non-hydrogen) atoms. The fourth-order valence-corrected chi connectivity index (χ4v) is 1.35. The van der Waals surface area contributed by atoms with E-state index in [1.165, 1.54) is 0 Å². The van der Waals surface area contributed by atoms with Crippen LogP contribution in [0, 0.1) is 0 Å².